The maximum absolute atomic E-state index is 14.5. The van der Waals surface area contributed by atoms with E-state index in [9.17, 15) is 26.7 Å². The molecular formula is C22H16F5N5O3. The molecule has 5 rings (SSSR count). The Bertz CT molecular complexity index is 1370. The Morgan fingerprint density at radius 3 is 2.60 bits per heavy atom. The SMILES string of the molecule is CC1C=CN2Cn3c(cc(OCc4cc(F)c(Oc5ccnc(C(F)(F)F)c5)c(F)c4)nc3=O)N12. The first-order chi connectivity index (χ1) is 16.6. The minimum absolute atomic E-state index is 0.0155. The summed E-state index contributed by atoms with van der Waals surface area (Å²) in [7, 11) is 0. The average molecular weight is 493 g/mol. The third-order valence-electron chi connectivity index (χ3n) is 5.37. The van der Waals surface area contributed by atoms with Crippen LogP contribution in [-0.2, 0) is 19.5 Å². The summed E-state index contributed by atoms with van der Waals surface area (Å²) in [6.45, 7) is 1.93. The van der Waals surface area contributed by atoms with Crippen LogP contribution in [0, 0.1) is 11.6 Å². The van der Waals surface area contributed by atoms with Crippen LogP contribution in [0.1, 0.15) is 18.2 Å². The van der Waals surface area contributed by atoms with E-state index < -0.39 is 40.7 Å². The third kappa shape index (κ3) is 4.24. The molecule has 1 atom stereocenters. The lowest BCUT2D eigenvalue weighted by Crippen LogP contribution is -2.34. The van der Waals surface area contributed by atoms with Gasteiger partial charge in [-0.15, -0.1) is 0 Å². The number of halogens is 5. The first-order valence-corrected chi connectivity index (χ1v) is 10.3. The summed E-state index contributed by atoms with van der Waals surface area (Å²) >= 11 is 0. The van der Waals surface area contributed by atoms with Gasteiger partial charge in [0.2, 0.25) is 5.88 Å². The number of alkyl halides is 3. The Kier molecular flexibility index (Phi) is 5.33. The van der Waals surface area contributed by atoms with Gasteiger partial charge < -0.3 is 9.47 Å². The molecule has 0 fully saturated rings. The number of pyridine rings is 1. The van der Waals surface area contributed by atoms with Crippen molar-refractivity contribution < 1.29 is 31.4 Å². The van der Waals surface area contributed by atoms with Crippen molar-refractivity contribution in [2.24, 2.45) is 0 Å². The second-order valence-corrected chi connectivity index (χ2v) is 7.82. The van der Waals surface area contributed by atoms with Crippen molar-refractivity contribution in [3.8, 4) is 17.4 Å². The van der Waals surface area contributed by atoms with Gasteiger partial charge in [0.15, 0.2) is 17.4 Å². The van der Waals surface area contributed by atoms with Crippen LogP contribution >= 0.6 is 0 Å². The zero-order valence-corrected chi connectivity index (χ0v) is 18.0. The molecule has 182 valence electrons. The number of fused-ring (bicyclic) bond motifs is 3. The molecule has 0 bridgehead atoms. The lowest BCUT2D eigenvalue weighted by atomic mass is 10.2. The first kappa shape index (κ1) is 22.6. The molecule has 1 aromatic carbocycles. The number of rotatable bonds is 5. The van der Waals surface area contributed by atoms with Crippen LogP contribution in [0.25, 0.3) is 0 Å². The molecular weight excluding hydrogens is 477 g/mol. The quantitative estimate of drug-likeness (QED) is 0.493. The second kappa shape index (κ2) is 8.25. The molecule has 0 spiro atoms. The monoisotopic (exact) mass is 493 g/mol. The van der Waals surface area contributed by atoms with Gasteiger partial charge in [0.05, 0.1) is 6.04 Å². The van der Waals surface area contributed by atoms with Crippen LogP contribution in [0.15, 0.2) is 53.6 Å². The van der Waals surface area contributed by atoms with Crippen molar-refractivity contribution >= 4 is 5.82 Å². The van der Waals surface area contributed by atoms with Gasteiger partial charge in [0, 0.05) is 24.5 Å². The number of aromatic nitrogens is 3. The van der Waals surface area contributed by atoms with Gasteiger partial charge in [-0.3, -0.25) is 19.6 Å². The number of nitrogens with zero attached hydrogens (tertiary/aromatic N) is 5. The highest BCUT2D eigenvalue weighted by molar-refractivity contribution is 5.48. The van der Waals surface area contributed by atoms with Gasteiger partial charge in [-0.05, 0) is 36.8 Å². The highest BCUT2D eigenvalue weighted by Gasteiger charge is 2.34. The molecule has 2 aliphatic heterocycles. The molecule has 0 radical (unpaired) electrons. The molecule has 4 heterocycles. The van der Waals surface area contributed by atoms with Crippen LogP contribution in [0.2, 0.25) is 0 Å². The van der Waals surface area contributed by atoms with E-state index in [2.05, 4.69) is 9.97 Å². The van der Waals surface area contributed by atoms with Gasteiger partial charge in [0.1, 0.15) is 30.5 Å². The second-order valence-electron chi connectivity index (χ2n) is 7.82. The van der Waals surface area contributed by atoms with E-state index >= 15 is 0 Å². The lowest BCUT2D eigenvalue weighted by Gasteiger charge is -2.25. The van der Waals surface area contributed by atoms with E-state index in [1.165, 1.54) is 4.57 Å². The van der Waals surface area contributed by atoms with Gasteiger partial charge >= 0.3 is 11.9 Å². The minimum atomic E-state index is -4.74. The molecule has 8 nitrogen and oxygen atoms in total. The zero-order chi connectivity index (χ0) is 24.9. The van der Waals surface area contributed by atoms with Gasteiger partial charge in [-0.2, -0.15) is 18.2 Å². The molecule has 0 amide bonds. The lowest BCUT2D eigenvalue weighted by molar-refractivity contribution is -0.141. The molecule has 0 N–H and O–H groups in total. The topological polar surface area (TPSA) is 72.7 Å². The van der Waals surface area contributed by atoms with Crippen LogP contribution in [0.3, 0.4) is 0 Å². The summed E-state index contributed by atoms with van der Waals surface area (Å²) in [5, 5.41) is 3.72. The number of benzene rings is 1. The normalized spacial score (nSPS) is 16.5. The van der Waals surface area contributed by atoms with E-state index in [0.717, 1.165) is 24.4 Å². The Labute approximate surface area is 194 Å². The predicted octanol–water partition coefficient (Wildman–Crippen LogP) is 4.22. The average Bonchev–Trinajstić information content (AvgIpc) is 3.35. The first-order valence-electron chi connectivity index (χ1n) is 10.3. The van der Waals surface area contributed by atoms with E-state index in [1.807, 2.05) is 29.2 Å². The summed E-state index contributed by atoms with van der Waals surface area (Å²) in [5.74, 6) is -3.07. The molecule has 13 heteroatoms. The van der Waals surface area contributed by atoms with E-state index in [4.69, 9.17) is 9.47 Å². The number of ether oxygens (including phenoxy) is 2. The summed E-state index contributed by atoms with van der Waals surface area (Å²) in [6.07, 6.45) is -0.115. The fourth-order valence-corrected chi connectivity index (χ4v) is 3.78. The van der Waals surface area contributed by atoms with Gasteiger partial charge in [0.25, 0.3) is 0 Å². The van der Waals surface area contributed by atoms with E-state index in [-0.39, 0.29) is 24.1 Å². The van der Waals surface area contributed by atoms with Crippen molar-refractivity contribution in [3.63, 3.8) is 0 Å². The molecule has 0 saturated carbocycles. The molecule has 2 aliphatic rings. The smallest absolute Gasteiger partial charge is 0.433 e. The summed E-state index contributed by atoms with van der Waals surface area (Å²) in [6, 6.07) is 4.97. The van der Waals surface area contributed by atoms with Crippen LogP contribution in [-0.4, -0.2) is 25.6 Å². The predicted molar refractivity (Wildman–Crippen MR) is 111 cm³/mol. The van der Waals surface area contributed by atoms with Crippen LogP contribution in [0.4, 0.5) is 27.8 Å². The maximum Gasteiger partial charge on any atom is 0.433 e. The minimum Gasteiger partial charge on any atom is -0.473 e. The van der Waals surface area contributed by atoms with Crippen LogP contribution in [0.5, 0.6) is 17.4 Å². The van der Waals surface area contributed by atoms with Crippen molar-refractivity contribution in [1.29, 1.82) is 0 Å². The van der Waals surface area contributed by atoms with E-state index in [0.29, 0.717) is 18.6 Å². The summed E-state index contributed by atoms with van der Waals surface area (Å²) < 4.78 is 79.5. The van der Waals surface area contributed by atoms with E-state index in [1.54, 1.807) is 6.07 Å². The molecule has 0 saturated heterocycles. The van der Waals surface area contributed by atoms with Crippen molar-refractivity contribution in [2.75, 3.05) is 5.01 Å². The number of hydrazine groups is 1. The molecule has 35 heavy (non-hydrogen) atoms. The third-order valence-corrected chi connectivity index (χ3v) is 5.37. The Hall–Kier alpha value is -4.16. The Morgan fingerprint density at radius 1 is 1.14 bits per heavy atom. The van der Waals surface area contributed by atoms with Crippen LogP contribution < -0.4 is 20.2 Å². The van der Waals surface area contributed by atoms with Crippen molar-refractivity contribution in [3.05, 3.63) is 82.2 Å². The summed E-state index contributed by atoms with van der Waals surface area (Å²) in [4.78, 5) is 19.4. The fraction of sp³-hybridized carbons (Fsp3) is 0.227. The number of anilines is 1. The van der Waals surface area contributed by atoms with Gasteiger partial charge in [-0.1, -0.05) is 0 Å². The maximum atomic E-state index is 14.5. The summed E-state index contributed by atoms with van der Waals surface area (Å²) in [5.41, 5.74) is -1.75. The largest absolute Gasteiger partial charge is 0.473 e. The Balaban J connectivity index is 1.33. The molecule has 3 aromatic rings. The standard InChI is InChI=1S/C22H16F5N5O3/c1-12-3-5-30-11-31-19(32(12)30)9-18(29-21(31)33)34-10-13-6-15(23)20(16(24)7-13)35-14-2-4-28-17(8-14)22(25,26)27/h2-9,12H,10-11H2,1H3. The fourth-order valence-electron chi connectivity index (χ4n) is 3.78. The van der Waals surface area contributed by atoms with Gasteiger partial charge in [-0.25, -0.2) is 13.6 Å². The highest BCUT2D eigenvalue weighted by atomic mass is 19.4. The molecule has 0 aliphatic carbocycles. The zero-order valence-electron chi connectivity index (χ0n) is 18.0. The van der Waals surface area contributed by atoms with Crippen molar-refractivity contribution in [2.45, 2.75) is 32.4 Å². The number of hydrogen-bond donors (Lipinski definition) is 0. The highest BCUT2D eigenvalue weighted by Crippen LogP contribution is 2.34. The molecule has 1 unspecified atom stereocenters. The molecule has 2 aromatic heterocycles. The van der Waals surface area contributed by atoms with Crippen molar-refractivity contribution in [1.82, 2.24) is 19.5 Å². The Morgan fingerprint density at radius 2 is 1.89 bits per heavy atom. The number of hydrogen-bond acceptors (Lipinski definition) is 7.